The number of nitrogens with zero attached hydrogens (tertiary/aromatic N) is 2. The summed E-state index contributed by atoms with van der Waals surface area (Å²) in [5.41, 5.74) is -0.407. The van der Waals surface area contributed by atoms with Crippen molar-refractivity contribution in [3.8, 4) is 6.07 Å². The summed E-state index contributed by atoms with van der Waals surface area (Å²) >= 11 is 5.77. The molecule has 2 heterocycles. The maximum absolute atomic E-state index is 12.1. The van der Waals surface area contributed by atoms with Crippen LogP contribution in [0, 0.1) is 11.3 Å². The van der Waals surface area contributed by atoms with Gasteiger partial charge in [0.1, 0.15) is 0 Å². The minimum Gasteiger partial charge on any atom is -0.452 e. The van der Waals surface area contributed by atoms with Gasteiger partial charge in [0.15, 0.2) is 5.60 Å². The van der Waals surface area contributed by atoms with E-state index < -0.39 is 5.60 Å². The molecule has 0 aliphatic carbocycles. The molecule has 6 heteroatoms. The van der Waals surface area contributed by atoms with Crippen LogP contribution in [0.25, 0.3) is 0 Å². The number of likely N-dealkylation sites (tertiary alicyclic amines) is 1. The maximum Gasteiger partial charge on any atom is 0.258 e. The Bertz CT molecular complexity index is 484. The first kappa shape index (κ1) is 12.9. The van der Waals surface area contributed by atoms with Gasteiger partial charge in [0, 0.05) is 33.0 Å². The summed E-state index contributed by atoms with van der Waals surface area (Å²) < 4.78 is 10.1. The van der Waals surface area contributed by atoms with Gasteiger partial charge in [-0.1, -0.05) is 0 Å². The minimum absolute atomic E-state index is 0.101. The number of halogens is 1. The Morgan fingerprint density at radius 1 is 1.61 bits per heavy atom. The third-order valence-electron chi connectivity index (χ3n) is 3.30. The van der Waals surface area contributed by atoms with Crippen LogP contribution >= 0.6 is 11.6 Å². The average molecular weight is 269 g/mol. The van der Waals surface area contributed by atoms with Gasteiger partial charge < -0.3 is 14.1 Å². The fourth-order valence-corrected chi connectivity index (χ4v) is 2.24. The molecule has 1 aliphatic rings. The first-order valence-corrected chi connectivity index (χ1v) is 5.98. The van der Waals surface area contributed by atoms with Crippen LogP contribution in [-0.4, -0.2) is 36.6 Å². The van der Waals surface area contributed by atoms with E-state index in [4.69, 9.17) is 26.0 Å². The maximum atomic E-state index is 12.1. The number of nitriles is 1. The molecule has 0 N–H and O–H groups in total. The molecule has 0 unspecified atom stereocenters. The van der Waals surface area contributed by atoms with Crippen molar-refractivity contribution in [3.05, 3.63) is 23.1 Å². The zero-order valence-electron chi connectivity index (χ0n) is 9.98. The fraction of sp³-hybridized carbons (Fsp3) is 0.500. The van der Waals surface area contributed by atoms with Crippen molar-refractivity contribution in [2.75, 3.05) is 20.2 Å². The minimum atomic E-state index is -0.767. The molecule has 96 valence electrons. The molecule has 5 nitrogen and oxygen atoms in total. The van der Waals surface area contributed by atoms with E-state index in [1.54, 1.807) is 11.0 Å². The standard InChI is InChI=1S/C12H13ClN2O3/c1-17-12(8-14)3-5-15(6-4-12)11(16)9-2-7-18-10(9)13/h2,7H,3-6H2,1H3. The van der Waals surface area contributed by atoms with Gasteiger partial charge in [-0.05, 0) is 17.7 Å². The molecule has 1 fully saturated rings. The van der Waals surface area contributed by atoms with Gasteiger partial charge in [0.05, 0.1) is 17.9 Å². The van der Waals surface area contributed by atoms with Gasteiger partial charge in [-0.15, -0.1) is 0 Å². The lowest BCUT2D eigenvalue weighted by Crippen LogP contribution is -2.46. The summed E-state index contributed by atoms with van der Waals surface area (Å²) in [4.78, 5) is 13.8. The predicted molar refractivity (Wildman–Crippen MR) is 64.2 cm³/mol. The van der Waals surface area contributed by atoms with E-state index in [1.807, 2.05) is 0 Å². The molecule has 1 amide bonds. The second-order valence-electron chi connectivity index (χ2n) is 4.21. The molecule has 0 aromatic carbocycles. The van der Waals surface area contributed by atoms with Gasteiger partial charge in [-0.25, -0.2) is 0 Å². The summed E-state index contributed by atoms with van der Waals surface area (Å²) in [5, 5.41) is 9.18. The van der Waals surface area contributed by atoms with Crippen molar-refractivity contribution < 1.29 is 13.9 Å². The van der Waals surface area contributed by atoms with Crippen LogP contribution in [0.3, 0.4) is 0 Å². The fourth-order valence-electron chi connectivity index (χ4n) is 2.05. The van der Waals surface area contributed by atoms with E-state index in [1.165, 1.54) is 13.4 Å². The Morgan fingerprint density at radius 2 is 2.28 bits per heavy atom. The Labute approximate surface area is 110 Å². The number of amides is 1. The number of rotatable bonds is 2. The lowest BCUT2D eigenvalue weighted by molar-refractivity contribution is -0.0105. The highest BCUT2D eigenvalue weighted by molar-refractivity contribution is 6.32. The lowest BCUT2D eigenvalue weighted by Gasteiger charge is -2.36. The van der Waals surface area contributed by atoms with Crippen molar-refractivity contribution in [2.24, 2.45) is 0 Å². The zero-order valence-corrected chi connectivity index (χ0v) is 10.7. The molecule has 1 aromatic rings. The summed E-state index contributed by atoms with van der Waals surface area (Å²) in [6, 6.07) is 3.72. The highest BCUT2D eigenvalue weighted by atomic mass is 35.5. The van der Waals surface area contributed by atoms with E-state index in [0.29, 0.717) is 31.5 Å². The smallest absolute Gasteiger partial charge is 0.258 e. The number of ether oxygens (including phenoxy) is 1. The molecule has 1 aromatic heterocycles. The lowest BCUT2D eigenvalue weighted by atomic mass is 9.92. The van der Waals surface area contributed by atoms with Crippen molar-refractivity contribution >= 4 is 17.5 Å². The van der Waals surface area contributed by atoms with Crippen LogP contribution in [-0.2, 0) is 4.74 Å². The average Bonchev–Trinajstić information content (AvgIpc) is 2.84. The van der Waals surface area contributed by atoms with E-state index in [2.05, 4.69) is 6.07 Å². The first-order chi connectivity index (χ1) is 8.62. The van der Waals surface area contributed by atoms with E-state index in [0.717, 1.165) is 0 Å². The molecule has 18 heavy (non-hydrogen) atoms. The molecule has 1 aliphatic heterocycles. The number of hydrogen-bond donors (Lipinski definition) is 0. The second-order valence-corrected chi connectivity index (χ2v) is 4.55. The Morgan fingerprint density at radius 3 is 2.72 bits per heavy atom. The summed E-state index contributed by atoms with van der Waals surface area (Å²) in [5.74, 6) is -0.170. The zero-order chi connectivity index (χ0) is 13.2. The van der Waals surface area contributed by atoms with E-state index in [-0.39, 0.29) is 11.1 Å². The number of furan rings is 1. The van der Waals surface area contributed by atoms with Gasteiger partial charge >= 0.3 is 0 Å². The van der Waals surface area contributed by atoms with Crippen molar-refractivity contribution in [2.45, 2.75) is 18.4 Å². The third kappa shape index (κ3) is 2.22. The van der Waals surface area contributed by atoms with Crippen LogP contribution < -0.4 is 0 Å². The first-order valence-electron chi connectivity index (χ1n) is 5.60. The highest BCUT2D eigenvalue weighted by Gasteiger charge is 2.36. The largest absolute Gasteiger partial charge is 0.452 e. The molecule has 0 radical (unpaired) electrons. The van der Waals surface area contributed by atoms with Gasteiger partial charge in [-0.2, -0.15) is 5.26 Å². The number of carbonyl (C=O) groups excluding carboxylic acids is 1. The molecule has 0 spiro atoms. The van der Waals surface area contributed by atoms with Crippen molar-refractivity contribution in [1.29, 1.82) is 5.26 Å². The van der Waals surface area contributed by atoms with Crippen LogP contribution in [0.5, 0.6) is 0 Å². The topological polar surface area (TPSA) is 66.5 Å². The van der Waals surface area contributed by atoms with Crippen LogP contribution in [0.1, 0.15) is 23.2 Å². The molecule has 0 bridgehead atoms. The predicted octanol–water partition coefficient (Wildman–Crippen LogP) is 2.08. The quantitative estimate of drug-likeness (QED) is 0.824. The van der Waals surface area contributed by atoms with Gasteiger partial charge in [0.2, 0.25) is 5.22 Å². The van der Waals surface area contributed by atoms with E-state index >= 15 is 0 Å². The van der Waals surface area contributed by atoms with Gasteiger partial charge in [-0.3, -0.25) is 4.79 Å². The summed E-state index contributed by atoms with van der Waals surface area (Å²) in [7, 11) is 1.52. The molecule has 0 saturated carbocycles. The Balaban J connectivity index is 2.05. The summed E-state index contributed by atoms with van der Waals surface area (Å²) in [6.07, 6.45) is 2.39. The van der Waals surface area contributed by atoms with Crippen LogP contribution in [0.15, 0.2) is 16.7 Å². The number of methoxy groups -OCH3 is 1. The van der Waals surface area contributed by atoms with Crippen molar-refractivity contribution in [1.82, 2.24) is 4.90 Å². The number of piperidine rings is 1. The molecular formula is C12H13ClN2O3. The monoisotopic (exact) mass is 268 g/mol. The number of carbonyl (C=O) groups is 1. The SMILES string of the molecule is COC1(C#N)CCN(C(=O)c2ccoc2Cl)CC1. The summed E-state index contributed by atoms with van der Waals surface area (Å²) in [6.45, 7) is 0.948. The van der Waals surface area contributed by atoms with Crippen LogP contribution in [0.4, 0.5) is 0 Å². The number of hydrogen-bond acceptors (Lipinski definition) is 4. The highest BCUT2D eigenvalue weighted by Crippen LogP contribution is 2.27. The normalized spacial score (nSPS) is 18.4. The third-order valence-corrected chi connectivity index (χ3v) is 3.59. The van der Waals surface area contributed by atoms with Gasteiger partial charge in [0.25, 0.3) is 5.91 Å². The Hall–Kier alpha value is -1.51. The molecule has 0 atom stereocenters. The molecule has 1 saturated heterocycles. The van der Waals surface area contributed by atoms with E-state index in [9.17, 15) is 4.79 Å². The second kappa shape index (κ2) is 5.01. The van der Waals surface area contributed by atoms with Crippen molar-refractivity contribution in [3.63, 3.8) is 0 Å². The Kier molecular flexibility index (Phi) is 3.60. The van der Waals surface area contributed by atoms with Crippen LogP contribution in [0.2, 0.25) is 5.22 Å². The molecule has 2 rings (SSSR count). The molecular weight excluding hydrogens is 256 g/mol.